The van der Waals surface area contributed by atoms with Crippen LogP contribution in [0.2, 0.25) is 0 Å². The van der Waals surface area contributed by atoms with Gasteiger partial charge < -0.3 is 4.90 Å². The maximum Gasteiger partial charge on any atom is 0.246 e. The molecular formula is C39H61N3OS. The molecule has 244 valence electrons. The lowest BCUT2D eigenvalue weighted by Gasteiger charge is -2.37. The molecule has 5 atom stereocenters. The van der Waals surface area contributed by atoms with Gasteiger partial charge in [-0.25, -0.2) is 10.4 Å². The van der Waals surface area contributed by atoms with Gasteiger partial charge in [-0.15, -0.1) is 0 Å². The molecule has 5 aliphatic rings. The number of carbonyl (C=O) groups excluding carboxylic acids is 1. The third kappa shape index (κ3) is 8.15. The molecule has 2 saturated carbocycles. The average molecular weight is 620 g/mol. The quantitative estimate of drug-likeness (QED) is 0.309. The van der Waals surface area contributed by atoms with E-state index in [1.165, 1.54) is 144 Å². The largest absolute Gasteiger partial charge is 0.332 e. The Morgan fingerprint density at radius 3 is 2.25 bits per heavy atom. The summed E-state index contributed by atoms with van der Waals surface area (Å²) >= 11 is 2.18. The van der Waals surface area contributed by atoms with E-state index in [4.69, 9.17) is 0 Å². The number of nitrogens with one attached hydrogen (secondary N) is 1. The van der Waals surface area contributed by atoms with Crippen LogP contribution in [0.5, 0.6) is 0 Å². The predicted molar refractivity (Wildman–Crippen MR) is 188 cm³/mol. The van der Waals surface area contributed by atoms with E-state index in [1.807, 2.05) is 6.08 Å². The topological polar surface area (TPSA) is 35.6 Å². The van der Waals surface area contributed by atoms with Crippen molar-refractivity contribution in [2.75, 3.05) is 12.3 Å². The zero-order valence-electron chi connectivity index (χ0n) is 28.0. The first-order valence-electron chi connectivity index (χ1n) is 18.8. The van der Waals surface area contributed by atoms with E-state index in [1.54, 1.807) is 0 Å². The fourth-order valence-electron chi connectivity index (χ4n) is 9.55. The van der Waals surface area contributed by atoms with E-state index in [-0.39, 0.29) is 18.0 Å². The minimum Gasteiger partial charge on any atom is -0.332 e. The molecule has 2 heterocycles. The maximum absolute atomic E-state index is 14.3. The van der Waals surface area contributed by atoms with Crippen molar-refractivity contribution in [3.8, 4) is 0 Å². The van der Waals surface area contributed by atoms with Gasteiger partial charge in [-0.3, -0.25) is 4.79 Å². The summed E-state index contributed by atoms with van der Waals surface area (Å²) in [6.07, 6.45) is 29.7. The molecule has 0 radical (unpaired) electrons. The number of aryl methyl sites for hydroxylation is 2. The normalized spacial score (nSPS) is 31.7. The summed E-state index contributed by atoms with van der Waals surface area (Å²) in [7, 11) is 0. The highest BCUT2D eigenvalue weighted by atomic mass is 32.2. The maximum atomic E-state index is 14.3. The van der Waals surface area contributed by atoms with Crippen molar-refractivity contribution in [3.63, 3.8) is 0 Å². The third-order valence-corrected chi connectivity index (χ3v) is 13.5. The Hall–Kier alpha value is -1.30. The van der Waals surface area contributed by atoms with Crippen LogP contribution < -0.4 is 5.43 Å². The van der Waals surface area contributed by atoms with Crippen molar-refractivity contribution in [3.05, 3.63) is 41.0 Å². The molecule has 4 nitrogen and oxygen atoms in total. The minimum atomic E-state index is 0.195. The van der Waals surface area contributed by atoms with E-state index in [2.05, 4.69) is 65.2 Å². The number of nitrogens with zero attached hydrogens (tertiary/aromatic N) is 2. The Bertz CT molecular complexity index is 1090. The van der Waals surface area contributed by atoms with Crippen molar-refractivity contribution in [1.29, 1.82) is 0 Å². The zero-order chi connectivity index (χ0) is 30.3. The average Bonchev–Trinajstić information content (AvgIpc) is 3.75. The summed E-state index contributed by atoms with van der Waals surface area (Å²) in [6, 6.07) is 8.19. The van der Waals surface area contributed by atoms with E-state index in [0.29, 0.717) is 17.3 Å². The second-order valence-corrected chi connectivity index (χ2v) is 16.5. The molecule has 0 aromatic heterocycles. The zero-order valence-corrected chi connectivity index (χ0v) is 28.8. The Morgan fingerprint density at radius 2 is 1.52 bits per heavy atom. The number of amides is 1. The summed E-state index contributed by atoms with van der Waals surface area (Å²) in [5.74, 6) is 3.25. The number of hydrogen-bond donors (Lipinski definition) is 1. The first kappa shape index (κ1) is 32.6. The summed E-state index contributed by atoms with van der Waals surface area (Å²) in [5.41, 5.74) is 8.09. The number of rotatable bonds is 7. The highest BCUT2D eigenvalue weighted by Gasteiger charge is 2.45. The Morgan fingerprint density at radius 1 is 0.864 bits per heavy atom. The lowest BCUT2D eigenvalue weighted by atomic mass is 9.80. The number of hydrogen-bond acceptors (Lipinski definition) is 4. The molecule has 1 aromatic rings. The molecule has 0 bridgehead atoms. The third-order valence-electron chi connectivity index (χ3n) is 12.0. The first-order chi connectivity index (χ1) is 21.6. The Labute approximate surface area is 273 Å². The van der Waals surface area contributed by atoms with Crippen LogP contribution >= 0.6 is 11.8 Å². The summed E-state index contributed by atoms with van der Waals surface area (Å²) in [5, 5.41) is 3.16. The first-order valence-corrected chi connectivity index (χ1v) is 19.9. The van der Waals surface area contributed by atoms with Crippen LogP contribution in [0.25, 0.3) is 6.08 Å². The minimum absolute atomic E-state index is 0.195. The molecule has 0 spiro atoms. The van der Waals surface area contributed by atoms with Crippen LogP contribution in [0.15, 0.2) is 24.3 Å². The molecule has 44 heavy (non-hydrogen) atoms. The van der Waals surface area contributed by atoms with Crippen LogP contribution in [-0.2, 0) is 17.6 Å². The molecule has 5 heteroatoms. The van der Waals surface area contributed by atoms with Gasteiger partial charge in [0.1, 0.15) is 0 Å². The van der Waals surface area contributed by atoms with E-state index in [9.17, 15) is 4.79 Å². The highest BCUT2D eigenvalue weighted by Crippen LogP contribution is 2.41. The van der Waals surface area contributed by atoms with Gasteiger partial charge >= 0.3 is 0 Å². The van der Waals surface area contributed by atoms with E-state index >= 15 is 0 Å². The number of hydrazine groups is 1. The van der Waals surface area contributed by atoms with Gasteiger partial charge in [0.15, 0.2) is 0 Å². The molecule has 3 aliphatic carbocycles. The number of fused-ring (bicyclic) bond motifs is 1. The van der Waals surface area contributed by atoms with Crippen LogP contribution in [0.3, 0.4) is 0 Å². The lowest BCUT2D eigenvalue weighted by Crippen LogP contribution is -2.52. The second-order valence-electron chi connectivity index (χ2n) is 15.2. The molecule has 1 N–H and O–H groups in total. The monoisotopic (exact) mass is 619 g/mol. The van der Waals surface area contributed by atoms with Crippen molar-refractivity contribution < 1.29 is 4.79 Å². The van der Waals surface area contributed by atoms with Crippen molar-refractivity contribution in [2.45, 2.75) is 165 Å². The summed E-state index contributed by atoms with van der Waals surface area (Å²) < 4.78 is 0. The molecule has 5 unspecified atom stereocenters. The van der Waals surface area contributed by atoms with Crippen molar-refractivity contribution >= 4 is 23.7 Å². The van der Waals surface area contributed by atoms with Gasteiger partial charge in [-0.2, -0.15) is 11.8 Å². The molecule has 4 fully saturated rings. The fraction of sp³-hybridized carbons (Fsp3) is 0.769. The molecule has 2 aliphatic heterocycles. The van der Waals surface area contributed by atoms with Gasteiger partial charge in [-0.1, -0.05) is 102 Å². The van der Waals surface area contributed by atoms with Gasteiger partial charge in [0.25, 0.3) is 0 Å². The smallest absolute Gasteiger partial charge is 0.246 e. The molecule has 6 rings (SSSR count). The second kappa shape index (κ2) is 16.0. The number of benzene rings is 1. The van der Waals surface area contributed by atoms with Crippen LogP contribution in [-0.4, -0.2) is 57.5 Å². The van der Waals surface area contributed by atoms with Crippen molar-refractivity contribution in [1.82, 2.24) is 15.3 Å². The van der Waals surface area contributed by atoms with Crippen molar-refractivity contribution in [2.24, 2.45) is 11.8 Å². The highest BCUT2D eigenvalue weighted by molar-refractivity contribution is 8.00. The van der Waals surface area contributed by atoms with Gasteiger partial charge in [0.2, 0.25) is 5.91 Å². The SMILES string of the molecule is CC1NN(C2CCCCCCCC2)C(C)C1N(CC1CC(C2CCCCCCC2)CS1)C(=O)/C=C/c1ccc2c(c1)CCC2. The Balaban J connectivity index is 1.18. The van der Waals surface area contributed by atoms with Crippen LogP contribution in [0.1, 0.15) is 140 Å². The molecule has 2 saturated heterocycles. The van der Waals surface area contributed by atoms with Gasteiger partial charge in [0.05, 0.1) is 6.04 Å². The predicted octanol–water partition coefficient (Wildman–Crippen LogP) is 8.97. The molecule has 1 aromatic carbocycles. The lowest BCUT2D eigenvalue weighted by molar-refractivity contribution is -0.129. The fourth-order valence-corrected chi connectivity index (χ4v) is 11.1. The van der Waals surface area contributed by atoms with E-state index in [0.717, 1.165) is 18.4 Å². The summed E-state index contributed by atoms with van der Waals surface area (Å²) in [4.78, 5) is 16.6. The molecular weight excluding hydrogens is 559 g/mol. The van der Waals surface area contributed by atoms with Gasteiger partial charge in [0, 0.05) is 36.0 Å². The Kier molecular flexibility index (Phi) is 11.9. The number of carbonyl (C=O) groups is 1. The standard InChI is InChI=1S/C39H61N3OS/c1-29-39(30(2)42(40-29)36-19-12-8-3-4-9-13-20-36)41(38(43)24-22-31-21-23-33-17-14-18-34(33)25-31)27-37-26-35(28-44-37)32-15-10-6-5-7-11-16-32/h21-25,29-30,32,35-37,39-40H,3-20,26-28H2,1-2H3/b24-22+. The summed E-state index contributed by atoms with van der Waals surface area (Å²) in [6.45, 7) is 5.62. The van der Waals surface area contributed by atoms with Crippen LogP contribution in [0, 0.1) is 11.8 Å². The molecule has 1 amide bonds. The van der Waals surface area contributed by atoms with Crippen LogP contribution in [0.4, 0.5) is 0 Å². The number of thioether (sulfide) groups is 1. The van der Waals surface area contributed by atoms with Gasteiger partial charge in [-0.05, 0) is 92.7 Å². The van der Waals surface area contributed by atoms with E-state index < -0.39 is 0 Å².